The molecule has 2 aromatic carbocycles. The van der Waals surface area contributed by atoms with E-state index in [-0.39, 0.29) is 30.5 Å². The summed E-state index contributed by atoms with van der Waals surface area (Å²) < 4.78 is 40.0. The van der Waals surface area contributed by atoms with Crippen LogP contribution in [0.15, 0.2) is 53.5 Å². The van der Waals surface area contributed by atoms with Gasteiger partial charge in [0, 0.05) is 67.5 Å². The number of halogens is 1. The molecule has 0 amide bonds. The minimum atomic E-state index is -3.74. The summed E-state index contributed by atoms with van der Waals surface area (Å²) in [6.07, 6.45) is 3.73. The maximum Gasteiger partial charge on any atom is 0.277 e. The quantitative estimate of drug-likeness (QED) is 0.370. The molecule has 40 heavy (non-hydrogen) atoms. The molecule has 2 aromatic heterocycles. The fourth-order valence-corrected chi connectivity index (χ4v) is 6.59. The van der Waals surface area contributed by atoms with Gasteiger partial charge >= 0.3 is 0 Å². The minimum Gasteiger partial charge on any atom is -0.369 e. The summed E-state index contributed by atoms with van der Waals surface area (Å²) in [5.74, 6) is -0.370. The Balaban J connectivity index is 1.42. The van der Waals surface area contributed by atoms with E-state index in [1.807, 2.05) is 36.3 Å². The van der Waals surface area contributed by atoms with Crippen molar-refractivity contribution in [1.29, 1.82) is 5.26 Å². The van der Waals surface area contributed by atoms with E-state index in [0.717, 1.165) is 29.6 Å². The third-order valence-corrected chi connectivity index (χ3v) is 9.51. The smallest absolute Gasteiger partial charge is 0.277 e. The first-order valence-corrected chi connectivity index (χ1v) is 15.1. The van der Waals surface area contributed by atoms with Gasteiger partial charge in [-0.15, -0.1) is 0 Å². The van der Waals surface area contributed by atoms with Crippen LogP contribution in [0.5, 0.6) is 0 Å². The number of fused-ring (bicyclic) bond motifs is 1. The molecule has 1 saturated carbocycles. The summed E-state index contributed by atoms with van der Waals surface area (Å²) in [5, 5.41) is 17.0. The molecule has 6 rings (SSSR count). The number of hydrogen-bond acceptors (Lipinski definition) is 8. The fraction of sp³-hybridized carbons (Fsp3) is 0.296. The first-order valence-electron chi connectivity index (χ1n) is 12.8. The van der Waals surface area contributed by atoms with Gasteiger partial charge in [0.1, 0.15) is 22.5 Å². The predicted molar refractivity (Wildman–Crippen MR) is 154 cm³/mol. The van der Waals surface area contributed by atoms with Gasteiger partial charge in [0.2, 0.25) is 0 Å². The number of benzene rings is 2. The van der Waals surface area contributed by atoms with Gasteiger partial charge in [-0.05, 0) is 55.3 Å². The molecule has 13 heteroatoms. The molecular formula is C27H26FN7O3S2. The molecule has 2 N–H and O–H groups in total. The van der Waals surface area contributed by atoms with Gasteiger partial charge in [-0.25, -0.2) is 14.5 Å². The average Bonchev–Trinajstić information content (AvgIpc) is 3.70. The summed E-state index contributed by atoms with van der Waals surface area (Å²) in [6.45, 7) is 1.47. The number of pyridine rings is 1. The zero-order valence-electron chi connectivity index (χ0n) is 21.6. The molecular weight excluding hydrogens is 553 g/mol. The molecule has 4 aromatic rings. The maximum atomic E-state index is 13.5. The molecule has 1 saturated heterocycles. The number of piperazine rings is 1. The van der Waals surface area contributed by atoms with Crippen LogP contribution in [-0.4, -0.2) is 55.5 Å². The van der Waals surface area contributed by atoms with Crippen LogP contribution in [0.4, 0.5) is 20.9 Å². The fourth-order valence-electron chi connectivity index (χ4n) is 5.05. The normalized spacial score (nSPS) is 16.3. The van der Waals surface area contributed by atoms with E-state index in [4.69, 9.17) is 10.1 Å². The van der Waals surface area contributed by atoms with Crippen LogP contribution in [0.2, 0.25) is 0 Å². The SMILES string of the molecule is CN(c1nc(-c2ccc(F)cc2)c(C#N)s1)c1cn(C2CC2)c(=O)c2ccc(N3CCN(S(N)(=O)=O)CC3)cc12. The third kappa shape index (κ3) is 4.84. The molecule has 2 fully saturated rings. The summed E-state index contributed by atoms with van der Waals surface area (Å²) >= 11 is 1.23. The Labute approximate surface area is 234 Å². The van der Waals surface area contributed by atoms with Crippen molar-refractivity contribution in [2.45, 2.75) is 18.9 Å². The number of nitrogens with two attached hydrogens (primary N) is 1. The summed E-state index contributed by atoms with van der Waals surface area (Å²) in [4.78, 5) is 22.5. The number of aromatic nitrogens is 2. The van der Waals surface area contributed by atoms with Crippen molar-refractivity contribution in [3.63, 3.8) is 0 Å². The molecule has 0 spiro atoms. The zero-order valence-corrected chi connectivity index (χ0v) is 23.3. The van der Waals surface area contributed by atoms with Gasteiger partial charge in [-0.3, -0.25) is 4.79 Å². The highest BCUT2D eigenvalue weighted by Crippen LogP contribution is 2.40. The number of nitriles is 1. The lowest BCUT2D eigenvalue weighted by atomic mass is 10.1. The lowest BCUT2D eigenvalue weighted by Crippen LogP contribution is -2.50. The van der Waals surface area contributed by atoms with Crippen molar-refractivity contribution in [3.8, 4) is 17.3 Å². The second-order valence-electron chi connectivity index (χ2n) is 9.97. The van der Waals surface area contributed by atoms with Crippen molar-refractivity contribution < 1.29 is 12.8 Å². The van der Waals surface area contributed by atoms with Crippen molar-refractivity contribution in [2.24, 2.45) is 5.14 Å². The molecule has 1 aliphatic heterocycles. The van der Waals surface area contributed by atoms with Crippen LogP contribution in [0, 0.1) is 17.1 Å². The Morgan fingerprint density at radius 3 is 2.42 bits per heavy atom. The van der Waals surface area contributed by atoms with E-state index >= 15 is 0 Å². The standard InChI is InChI=1S/C27H26FN7O3S2/c1-32(27-31-25(24(15-29)39-27)17-2-4-18(28)5-3-17)23-16-35(19-6-7-19)26(36)21-9-8-20(14-22(21)23)33-10-12-34(13-11-33)40(30,37)38/h2-5,8-9,14,16,19H,6-7,10-13H2,1H3,(H2,30,37,38). The Morgan fingerprint density at radius 1 is 1.10 bits per heavy atom. The Kier molecular flexibility index (Phi) is 6.58. The second kappa shape index (κ2) is 9.97. The first kappa shape index (κ1) is 26.4. The van der Waals surface area contributed by atoms with Crippen molar-refractivity contribution in [3.05, 3.63) is 69.7 Å². The van der Waals surface area contributed by atoms with Gasteiger partial charge in [-0.2, -0.15) is 18.0 Å². The maximum absolute atomic E-state index is 13.5. The topological polar surface area (TPSA) is 129 Å². The Morgan fingerprint density at radius 2 is 1.80 bits per heavy atom. The average molecular weight is 580 g/mol. The van der Waals surface area contributed by atoms with Gasteiger partial charge in [-0.1, -0.05) is 11.3 Å². The highest BCUT2D eigenvalue weighted by molar-refractivity contribution is 7.86. The Bertz CT molecular complexity index is 1820. The van der Waals surface area contributed by atoms with E-state index in [0.29, 0.717) is 39.7 Å². The largest absolute Gasteiger partial charge is 0.369 e. The van der Waals surface area contributed by atoms with Gasteiger partial charge < -0.3 is 14.4 Å². The van der Waals surface area contributed by atoms with Gasteiger partial charge in [0.15, 0.2) is 5.13 Å². The van der Waals surface area contributed by atoms with Crippen molar-refractivity contribution in [2.75, 3.05) is 43.0 Å². The molecule has 1 aliphatic carbocycles. The number of hydrogen-bond donors (Lipinski definition) is 1. The minimum absolute atomic E-state index is 0.0656. The highest BCUT2D eigenvalue weighted by atomic mass is 32.2. The first-order chi connectivity index (χ1) is 19.1. The Hall–Kier alpha value is -3.83. The van der Waals surface area contributed by atoms with E-state index in [1.54, 1.807) is 16.7 Å². The molecule has 2 aliphatic rings. The van der Waals surface area contributed by atoms with Crippen LogP contribution < -0.4 is 20.5 Å². The summed E-state index contributed by atoms with van der Waals surface area (Å²) in [7, 11) is -1.90. The number of nitrogens with zero attached hydrogens (tertiary/aromatic N) is 6. The number of rotatable bonds is 6. The van der Waals surface area contributed by atoms with E-state index in [1.165, 1.54) is 27.8 Å². The van der Waals surface area contributed by atoms with E-state index in [9.17, 15) is 22.9 Å². The molecule has 0 radical (unpaired) electrons. The zero-order chi connectivity index (χ0) is 28.2. The number of thiazole rings is 1. The summed E-state index contributed by atoms with van der Waals surface area (Å²) in [5.41, 5.74) is 2.67. The van der Waals surface area contributed by atoms with E-state index < -0.39 is 10.2 Å². The monoisotopic (exact) mass is 579 g/mol. The molecule has 3 heterocycles. The molecule has 0 atom stereocenters. The van der Waals surface area contributed by atoms with Gasteiger partial charge in [0.05, 0.1) is 5.69 Å². The lowest BCUT2D eigenvalue weighted by Gasteiger charge is -2.34. The molecule has 10 nitrogen and oxygen atoms in total. The van der Waals surface area contributed by atoms with Gasteiger partial charge in [0.25, 0.3) is 15.8 Å². The van der Waals surface area contributed by atoms with Crippen LogP contribution in [-0.2, 0) is 10.2 Å². The van der Waals surface area contributed by atoms with E-state index in [2.05, 4.69) is 11.0 Å². The molecule has 0 bridgehead atoms. The van der Waals surface area contributed by atoms with Crippen LogP contribution in [0.1, 0.15) is 23.8 Å². The van der Waals surface area contributed by atoms with Crippen LogP contribution >= 0.6 is 11.3 Å². The lowest BCUT2D eigenvalue weighted by molar-refractivity contribution is 0.385. The predicted octanol–water partition coefficient (Wildman–Crippen LogP) is 3.56. The second-order valence-corrected chi connectivity index (χ2v) is 12.5. The molecule has 0 unspecified atom stereocenters. The summed E-state index contributed by atoms with van der Waals surface area (Å²) in [6, 6.07) is 13.9. The number of anilines is 3. The van der Waals surface area contributed by atoms with Crippen molar-refractivity contribution in [1.82, 2.24) is 13.9 Å². The van der Waals surface area contributed by atoms with Crippen molar-refractivity contribution >= 4 is 48.8 Å². The van der Waals surface area contributed by atoms with Crippen LogP contribution in [0.3, 0.4) is 0 Å². The third-order valence-electron chi connectivity index (χ3n) is 7.39. The van der Waals surface area contributed by atoms with Crippen LogP contribution in [0.25, 0.3) is 22.0 Å². The molecule has 206 valence electrons. The highest BCUT2D eigenvalue weighted by Gasteiger charge is 2.29.